The number of carbonyl (C=O) groups is 2. The molecule has 0 aromatic heterocycles. The van der Waals surface area contributed by atoms with Crippen molar-refractivity contribution in [2.45, 2.75) is 18.9 Å². The lowest BCUT2D eigenvalue weighted by Crippen LogP contribution is -2.31. The lowest BCUT2D eigenvalue weighted by molar-refractivity contribution is -0.136. The fourth-order valence-electron chi connectivity index (χ4n) is 1.93. The number of carboxylic acids is 1. The first-order valence-corrected chi connectivity index (χ1v) is 5.98. The average Bonchev–Trinajstić information content (AvgIpc) is 2.43. The summed E-state index contributed by atoms with van der Waals surface area (Å²) in [5.41, 5.74) is 0.633. The Morgan fingerprint density at radius 1 is 1.35 bits per heavy atom. The number of aliphatic imine (C=N–C) groups is 2. The predicted molar refractivity (Wildman–Crippen MR) is 70.7 cm³/mol. The van der Waals surface area contributed by atoms with Crippen molar-refractivity contribution in [3.8, 4) is 0 Å². The summed E-state index contributed by atoms with van der Waals surface area (Å²) in [6.07, 6.45) is 3.20. The van der Waals surface area contributed by atoms with Gasteiger partial charge < -0.3 is 14.6 Å². The van der Waals surface area contributed by atoms with E-state index in [1.807, 2.05) is 0 Å². The van der Waals surface area contributed by atoms with Crippen LogP contribution < -0.4 is 0 Å². The molecule has 0 aromatic rings. The number of rotatable bonds is 5. The van der Waals surface area contributed by atoms with E-state index >= 15 is 0 Å². The zero-order chi connectivity index (χ0) is 14.7. The first-order chi connectivity index (χ1) is 9.55. The van der Waals surface area contributed by atoms with E-state index in [0.29, 0.717) is 17.2 Å². The van der Waals surface area contributed by atoms with Crippen molar-refractivity contribution >= 4 is 23.3 Å². The number of methoxy groups -OCH3 is 2. The molecule has 20 heavy (non-hydrogen) atoms. The van der Waals surface area contributed by atoms with Gasteiger partial charge in [-0.1, -0.05) is 0 Å². The van der Waals surface area contributed by atoms with Crippen molar-refractivity contribution in [1.82, 2.24) is 0 Å². The number of hydrogen-bond acceptors (Lipinski definition) is 5. The highest BCUT2D eigenvalue weighted by Gasteiger charge is 2.28. The van der Waals surface area contributed by atoms with E-state index in [1.54, 1.807) is 12.2 Å². The smallest absolute Gasteiger partial charge is 0.303 e. The van der Waals surface area contributed by atoms with Crippen molar-refractivity contribution in [1.29, 1.82) is 0 Å². The van der Waals surface area contributed by atoms with Crippen LogP contribution in [0.1, 0.15) is 12.8 Å². The van der Waals surface area contributed by atoms with Crippen molar-refractivity contribution in [3.05, 3.63) is 23.7 Å². The van der Waals surface area contributed by atoms with Crippen LogP contribution >= 0.6 is 0 Å². The van der Waals surface area contributed by atoms with Gasteiger partial charge in [0.1, 0.15) is 11.8 Å². The highest BCUT2D eigenvalue weighted by atomic mass is 16.5. The molecule has 0 saturated heterocycles. The minimum absolute atomic E-state index is 0.0679. The summed E-state index contributed by atoms with van der Waals surface area (Å²) in [7, 11) is 3.00. The number of fused-ring (bicyclic) bond motifs is 1. The molecule has 2 rings (SSSR count). The van der Waals surface area contributed by atoms with Gasteiger partial charge in [-0.05, 0) is 6.08 Å². The summed E-state index contributed by atoms with van der Waals surface area (Å²) in [6, 6.07) is -0.439. The van der Waals surface area contributed by atoms with Gasteiger partial charge >= 0.3 is 5.97 Å². The molecule has 1 atom stereocenters. The lowest BCUT2D eigenvalue weighted by atomic mass is 10.0. The number of aliphatic carboxylic acids is 1. The molecular formula is C13H14N2O5. The van der Waals surface area contributed by atoms with Crippen LogP contribution in [0.25, 0.3) is 0 Å². The second kappa shape index (κ2) is 5.68. The zero-order valence-electron chi connectivity index (χ0n) is 11.1. The predicted octanol–water partition coefficient (Wildman–Crippen LogP) is 0.716. The molecule has 1 heterocycles. The van der Waals surface area contributed by atoms with Crippen LogP contribution in [-0.2, 0) is 19.1 Å². The third-order valence-electron chi connectivity index (χ3n) is 2.92. The quantitative estimate of drug-likeness (QED) is 0.799. The Morgan fingerprint density at radius 3 is 2.65 bits per heavy atom. The van der Waals surface area contributed by atoms with E-state index in [0.717, 1.165) is 0 Å². The van der Waals surface area contributed by atoms with E-state index in [1.165, 1.54) is 14.2 Å². The molecule has 0 spiro atoms. The van der Waals surface area contributed by atoms with Crippen LogP contribution in [0.2, 0.25) is 0 Å². The molecule has 1 amide bonds. The number of ether oxygens (including phenoxy) is 2. The Hall–Kier alpha value is -2.44. The zero-order valence-corrected chi connectivity index (χ0v) is 11.1. The third kappa shape index (κ3) is 2.76. The van der Waals surface area contributed by atoms with Gasteiger partial charge in [0.05, 0.1) is 26.4 Å². The Bertz CT molecular complexity index is 571. The molecule has 0 fully saturated rings. The van der Waals surface area contributed by atoms with Gasteiger partial charge in [0, 0.05) is 12.5 Å². The van der Waals surface area contributed by atoms with Gasteiger partial charge in [0.15, 0.2) is 11.5 Å². The lowest BCUT2D eigenvalue weighted by Gasteiger charge is -2.22. The standard InChI is InChI=1S/C13H14N2O5/c1-19-10-5-8-9(6-11(10)20-2)15-13(18)7(14-8)3-4-12(16)17/h5-6,8H,3-4H2,1-2H3,(H,16,17). The molecular weight excluding hydrogens is 264 g/mol. The third-order valence-corrected chi connectivity index (χ3v) is 2.92. The maximum absolute atomic E-state index is 11.8. The Labute approximate surface area is 115 Å². The molecule has 0 radical (unpaired) electrons. The second-order valence-electron chi connectivity index (χ2n) is 4.20. The second-order valence-corrected chi connectivity index (χ2v) is 4.20. The van der Waals surface area contributed by atoms with Crippen molar-refractivity contribution in [3.63, 3.8) is 0 Å². The normalized spacial score (nSPS) is 21.1. The van der Waals surface area contributed by atoms with Crippen molar-refractivity contribution in [2.75, 3.05) is 14.2 Å². The summed E-state index contributed by atoms with van der Waals surface area (Å²) in [5.74, 6) is -0.501. The molecule has 7 nitrogen and oxygen atoms in total. The molecule has 0 saturated carbocycles. The van der Waals surface area contributed by atoms with E-state index < -0.39 is 17.9 Å². The Balaban J connectivity index is 2.25. The number of carbonyl (C=O) groups excluding carboxylic acids is 1. The minimum Gasteiger partial charge on any atom is -0.493 e. The maximum Gasteiger partial charge on any atom is 0.303 e. The minimum atomic E-state index is -0.978. The molecule has 1 aliphatic heterocycles. The molecule has 2 aliphatic rings. The largest absolute Gasteiger partial charge is 0.493 e. The Kier molecular flexibility index (Phi) is 3.97. The van der Waals surface area contributed by atoms with Crippen molar-refractivity contribution < 1.29 is 24.2 Å². The molecule has 7 heteroatoms. The van der Waals surface area contributed by atoms with Gasteiger partial charge in [-0.2, -0.15) is 0 Å². The number of carboxylic acid groups (broad SMARTS) is 1. The maximum atomic E-state index is 11.8. The number of amides is 1. The summed E-state index contributed by atoms with van der Waals surface area (Å²) < 4.78 is 10.3. The van der Waals surface area contributed by atoms with Crippen LogP contribution in [0.3, 0.4) is 0 Å². The fraction of sp³-hybridized carbons (Fsp3) is 0.385. The van der Waals surface area contributed by atoms with Crippen molar-refractivity contribution in [2.24, 2.45) is 9.98 Å². The molecule has 1 aliphatic carbocycles. The van der Waals surface area contributed by atoms with Crippen LogP contribution in [0.15, 0.2) is 33.7 Å². The molecule has 106 valence electrons. The van der Waals surface area contributed by atoms with Gasteiger partial charge in [-0.25, -0.2) is 4.99 Å². The molecule has 1 N–H and O–H groups in total. The SMILES string of the molecule is COC1=CC2=NC(=O)C(CCC(=O)O)=NC2C=C1OC. The molecule has 0 aromatic carbocycles. The van der Waals surface area contributed by atoms with Crippen LogP contribution in [0.4, 0.5) is 0 Å². The number of hydrogen-bond donors (Lipinski definition) is 1. The first-order valence-electron chi connectivity index (χ1n) is 5.98. The first kappa shape index (κ1) is 14.0. The highest BCUT2D eigenvalue weighted by molar-refractivity contribution is 6.43. The van der Waals surface area contributed by atoms with E-state index in [9.17, 15) is 9.59 Å². The van der Waals surface area contributed by atoms with Gasteiger partial charge in [0.25, 0.3) is 5.91 Å². The van der Waals surface area contributed by atoms with Gasteiger partial charge in [-0.3, -0.25) is 14.6 Å². The van der Waals surface area contributed by atoms with Gasteiger partial charge in [0.2, 0.25) is 0 Å². The highest BCUT2D eigenvalue weighted by Crippen LogP contribution is 2.23. The monoisotopic (exact) mass is 278 g/mol. The van der Waals surface area contributed by atoms with E-state index in [2.05, 4.69) is 9.98 Å². The summed E-state index contributed by atoms with van der Waals surface area (Å²) in [6.45, 7) is 0. The van der Waals surface area contributed by atoms with E-state index in [-0.39, 0.29) is 18.6 Å². The summed E-state index contributed by atoms with van der Waals surface area (Å²) >= 11 is 0. The molecule has 1 unspecified atom stereocenters. The van der Waals surface area contributed by atoms with E-state index in [4.69, 9.17) is 14.6 Å². The average molecular weight is 278 g/mol. The van der Waals surface area contributed by atoms with Crippen LogP contribution in [-0.4, -0.2) is 48.7 Å². The molecule has 0 bridgehead atoms. The summed E-state index contributed by atoms with van der Waals surface area (Å²) in [4.78, 5) is 30.5. The summed E-state index contributed by atoms with van der Waals surface area (Å²) in [5, 5.41) is 8.65. The van der Waals surface area contributed by atoms with Crippen LogP contribution in [0.5, 0.6) is 0 Å². The van der Waals surface area contributed by atoms with Gasteiger partial charge in [-0.15, -0.1) is 0 Å². The van der Waals surface area contributed by atoms with Crippen LogP contribution in [0, 0.1) is 0 Å². The topological polar surface area (TPSA) is 97.5 Å². The number of nitrogens with zero attached hydrogens (tertiary/aromatic N) is 2. The Morgan fingerprint density at radius 2 is 2.05 bits per heavy atom. The fourth-order valence-corrected chi connectivity index (χ4v) is 1.93.